The van der Waals surface area contributed by atoms with Crippen molar-refractivity contribution in [1.29, 1.82) is 0 Å². The van der Waals surface area contributed by atoms with Gasteiger partial charge in [-0.2, -0.15) is 13.2 Å². The summed E-state index contributed by atoms with van der Waals surface area (Å²) in [5.41, 5.74) is -0.445. The van der Waals surface area contributed by atoms with Crippen molar-refractivity contribution in [2.45, 2.75) is 12.3 Å². The number of aromatic nitrogens is 1. The van der Waals surface area contributed by atoms with Crippen LogP contribution in [-0.4, -0.2) is 49.3 Å². The maximum atomic E-state index is 13.0. The molecule has 0 atom stereocenters. The molecule has 3 rings (SSSR count). The first-order chi connectivity index (χ1) is 13.3. The Morgan fingerprint density at radius 3 is 2.54 bits per heavy atom. The zero-order valence-electron chi connectivity index (χ0n) is 15.1. The number of pyridine rings is 1. The highest BCUT2D eigenvalue weighted by atomic mass is 19.4. The lowest BCUT2D eigenvalue weighted by atomic mass is 10.2. The number of carbonyl (C=O) groups excluding carboxylic acids is 1. The van der Waals surface area contributed by atoms with Crippen molar-refractivity contribution in [2.75, 3.05) is 32.6 Å². The average Bonchev–Trinajstić information content (AvgIpc) is 2.63. The zero-order chi connectivity index (χ0) is 20.3. The van der Waals surface area contributed by atoms with Crippen LogP contribution in [0, 0.1) is 0 Å². The Balaban J connectivity index is 1.57. The Hall–Kier alpha value is -3.17. The van der Waals surface area contributed by atoms with E-state index in [0.29, 0.717) is 17.2 Å². The number of ether oxygens (including phenoxy) is 3. The first-order valence-electron chi connectivity index (χ1n) is 8.28. The van der Waals surface area contributed by atoms with Crippen LogP contribution in [0.4, 0.5) is 23.7 Å². The lowest BCUT2D eigenvalue weighted by Crippen LogP contribution is -2.57. The number of nitrogens with zero attached hydrogens (tertiary/aromatic N) is 2. The van der Waals surface area contributed by atoms with Gasteiger partial charge in [-0.25, -0.2) is 9.78 Å². The second-order valence-electron chi connectivity index (χ2n) is 6.00. The lowest BCUT2D eigenvalue weighted by molar-refractivity contribution is -0.140. The molecule has 1 aromatic heterocycles. The minimum Gasteiger partial charge on any atom is -0.493 e. The van der Waals surface area contributed by atoms with Gasteiger partial charge in [0, 0.05) is 18.0 Å². The summed E-state index contributed by atoms with van der Waals surface area (Å²) in [5, 5.41) is 2.69. The Morgan fingerprint density at radius 2 is 1.89 bits per heavy atom. The van der Waals surface area contributed by atoms with E-state index in [1.807, 2.05) is 0 Å². The van der Waals surface area contributed by atoms with Crippen LogP contribution in [0.25, 0.3) is 0 Å². The topological polar surface area (TPSA) is 72.9 Å². The fourth-order valence-electron chi connectivity index (χ4n) is 2.65. The summed E-state index contributed by atoms with van der Waals surface area (Å²) in [6.45, 7) is 0.292. The van der Waals surface area contributed by atoms with E-state index in [4.69, 9.17) is 14.2 Å². The molecule has 1 saturated heterocycles. The maximum Gasteiger partial charge on any atom is 0.421 e. The molecule has 28 heavy (non-hydrogen) atoms. The number of halogens is 3. The van der Waals surface area contributed by atoms with Crippen molar-refractivity contribution in [1.82, 2.24) is 9.88 Å². The molecule has 0 radical (unpaired) electrons. The Kier molecular flexibility index (Phi) is 5.48. The highest BCUT2D eigenvalue weighted by molar-refractivity contribution is 5.90. The summed E-state index contributed by atoms with van der Waals surface area (Å²) in [6.07, 6.45) is -3.89. The number of hydrogen-bond donors (Lipinski definition) is 1. The number of anilines is 1. The van der Waals surface area contributed by atoms with Crippen LogP contribution in [0.5, 0.6) is 17.4 Å². The van der Waals surface area contributed by atoms with Crippen LogP contribution in [0.3, 0.4) is 0 Å². The van der Waals surface area contributed by atoms with Crippen molar-refractivity contribution in [3.8, 4) is 17.4 Å². The van der Waals surface area contributed by atoms with Crippen molar-refractivity contribution in [3.05, 3.63) is 42.1 Å². The molecule has 2 amide bonds. The number of benzene rings is 1. The molecule has 150 valence electrons. The van der Waals surface area contributed by atoms with Crippen molar-refractivity contribution >= 4 is 11.7 Å². The first kappa shape index (κ1) is 19.6. The number of urea groups is 1. The number of hydrogen-bond acceptors (Lipinski definition) is 5. The smallest absolute Gasteiger partial charge is 0.421 e. The number of methoxy groups -OCH3 is 2. The van der Waals surface area contributed by atoms with E-state index in [9.17, 15) is 18.0 Å². The molecule has 7 nitrogen and oxygen atoms in total. The molecule has 2 heterocycles. The van der Waals surface area contributed by atoms with Gasteiger partial charge in [0.1, 0.15) is 11.7 Å². The van der Waals surface area contributed by atoms with Crippen LogP contribution in [0.15, 0.2) is 36.5 Å². The Morgan fingerprint density at radius 1 is 1.18 bits per heavy atom. The predicted molar refractivity (Wildman–Crippen MR) is 93.8 cm³/mol. The summed E-state index contributed by atoms with van der Waals surface area (Å²) in [5.74, 6) is 0.494. The number of likely N-dealkylation sites (tertiary alicyclic amines) is 1. The predicted octanol–water partition coefficient (Wildman–Crippen LogP) is 3.41. The second-order valence-corrected chi connectivity index (χ2v) is 6.00. The minimum atomic E-state index is -4.56. The quantitative estimate of drug-likeness (QED) is 0.837. The molecule has 1 aromatic carbocycles. The molecule has 0 unspecified atom stereocenters. The van der Waals surface area contributed by atoms with Gasteiger partial charge < -0.3 is 24.4 Å². The SMILES string of the molecule is COc1ccc(NC(=O)N2CC(Oc3ncccc3C(F)(F)F)C2)cc1OC. The van der Waals surface area contributed by atoms with Crippen LogP contribution >= 0.6 is 0 Å². The molecule has 0 spiro atoms. The van der Waals surface area contributed by atoms with Gasteiger partial charge in [-0.15, -0.1) is 0 Å². The molecule has 1 fully saturated rings. The van der Waals surface area contributed by atoms with E-state index in [1.54, 1.807) is 18.2 Å². The molecule has 1 aliphatic heterocycles. The summed E-state index contributed by atoms with van der Waals surface area (Å²) >= 11 is 0. The van der Waals surface area contributed by atoms with Crippen molar-refractivity contribution in [3.63, 3.8) is 0 Å². The van der Waals surface area contributed by atoms with Crippen LogP contribution in [0.2, 0.25) is 0 Å². The molecule has 1 aliphatic rings. The van der Waals surface area contributed by atoms with Gasteiger partial charge in [0.05, 0.1) is 27.3 Å². The van der Waals surface area contributed by atoms with Crippen molar-refractivity contribution in [2.24, 2.45) is 0 Å². The largest absolute Gasteiger partial charge is 0.493 e. The number of rotatable bonds is 5. The van der Waals surface area contributed by atoms with E-state index >= 15 is 0 Å². The Bertz CT molecular complexity index is 854. The van der Waals surface area contributed by atoms with E-state index in [0.717, 1.165) is 6.07 Å². The Labute approximate surface area is 159 Å². The summed E-state index contributed by atoms with van der Waals surface area (Å²) in [7, 11) is 2.98. The van der Waals surface area contributed by atoms with Gasteiger partial charge in [-0.1, -0.05) is 0 Å². The van der Waals surface area contributed by atoms with Gasteiger partial charge in [-0.3, -0.25) is 0 Å². The molecular formula is C18H18F3N3O4. The minimum absolute atomic E-state index is 0.146. The lowest BCUT2D eigenvalue weighted by Gasteiger charge is -2.38. The average molecular weight is 397 g/mol. The van der Waals surface area contributed by atoms with Gasteiger partial charge >= 0.3 is 12.2 Å². The zero-order valence-corrected chi connectivity index (χ0v) is 15.1. The fourth-order valence-corrected chi connectivity index (χ4v) is 2.65. The number of carbonyl (C=O) groups is 1. The highest BCUT2D eigenvalue weighted by Gasteiger charge is 2.38. The van der Waals surface area contributed by atoms with Crippen LogP contribution in [0.1, 0.15) is 5.56 Å². The van der Waals surface area contributed by atoms with Gasteiger partial charge in [0.2, 0.25) is 5.88 Å². The number of nitrogens with one attached hydrogen (secondary N) is 1. The molecular weight excluding hydrogens is 379 g/mol. The highest BCUT2D eigenvalue weighted by Crippen LogP contribution is 2.35. The van der Waals surface area contributed by atoms with Crippen LogP contribution in [-0.2, 0) is 6.18 Å². The molecule has 0 saturated carbocycles. The van der Waals surface area contributed by atoms with E-state index in [2.05, 4.69) is 10.3 Å². The molecule has 0 aliphatic carbocycles. The molecule has 1 N–H and O–H groups in total. The van der Waals surface area contributed by atoms with E-state index < -0.39 is 29.8 Å². The third-order valence-corrected chi connectivity index (χ3v) is 4.12. The summed E-state index contributed by atoms with van der Waals surface area (Å²) in [4.78, 5) is 17.3. The number of amides is 2. The maximum absolute atomic E-state index is 13.0. The molecule has 0 bridgehead atoms. The third kappa shape index (κ3) is 4.21. The molecule has 2 aromatic rings. The van der Waals surface area contributed by atoms with E-state index in [-0.39, 0.29) is 13.1 Å². The summed E-state index contributed by atoms with van der Waals surface area (Å²) < 4.78 is 54.5. The van der Waals surface area contributed by atoms with E-state index in [1.165, 1.54) is 31.4 Å². The standard InChI is InChI=1S/C18H18F3N3O4/c1-26-14-6-5-11(8-15(14)27-2)23-17(25)24-9-12(10-24)28-16-13(18(19,20)21)4-3-7-22-16/h3-8,12H,9-10H2,1-2H3,(H,23,25). The number of alkyl halides is 3. The fraction of sp³-hybridized carbons (Fsp3) is 0.333. The molecule has 10 heteroatoms. The normalized spacial score (nSPS) is 14.2. The first-order valence-corrected chi connectivity index (χ1v) is 8.28. The van der Waals surface area contributed by atoms with Crippen LogP contribution < -0.4 is 19.5 Å². The van der Waals surface area contributed by atoms with Gasteiger partial charge in [0.15, 0.2) is 11.5 Å². The van der Waals surface area contributed by atoms with Crippen molar-refractivity contribution < 1.29 is 32.2 Å². The summed E-state index contributed by atoms with van der Waals surface area (Å²) in [6, 6.07) is 6.60. The third-order valence-electron chi connectivity index (χ3n) is 4.12. The van der Waals surface area contributed by atoms with Gasteiger partial charge in [0.25, 0.3) is 0 Å². The van der Waals surface area contributed by atoms with Gasteiger partial charge in [-0.05, 0) is 24.3 Å². The monoisotopic (exact) mass is 397 g/mol. The second kappa shape index (κ2) is 7.83.